The molecule has 2 aromatic carbocycles. The Balaban J connectivity index is 1.64. The minimum absolute atomic E-state index is 0.336. The van der Waals surface area contributed by atoms with Crippen molar-refractivity contribution < 1.29 is 33.7 Å². The molecule has 4 rings (SSSR count). The van der Waals surface area contributed by atoms with E-state index in [1.165, 1.54) is 29.0 Å². The molecule has 3 N–H and O–H groups in total. The van der Waals surface area contributed by atoms with Crippen molar-refractivity contribution in [2.75, 3.05) is 46.4 Å². The van der Waals surface area contributed by atoms with Crippen LogP contribution in [0.3, 0.4) is 0 Å². The van der Waals surface area contributed by atoms with Crippen LogP contribution in [-0.4, -0.2) is 68.8 Å². The van der Waals surface area contributed by atoms with Gasteiger partial charge >= 0.3 is 0 Å². The van der Waals surface area contributed by atoms with E-state index < -0.39 is 35.3 Å². The molecule has 8 heteroatoms. The lowest BCUT2D eigenvalue weighted by molar-refractivity contribution is -0.946. The molecule has 2 aromatic rings. The van der Waals surface area contributed by atoms with Gasteiger partial charge in [0.1, 0.15) is 43.7 Å². The van der Waals surface area contributed by atoms with Crippen molar-refractivity contribution in [1.29, 1.82) is 0 Å². The third kappa shape index (κ3) is 4.42. The lowest BCUT2D eigenvalue weighted by atomic mass is 9.86. The number of halogens is 1. The molecule has 168 valence electrons. The van der Waals surface area contributed by atoms with E-state index in [1.807, 2.05) is 0 Å². The smallest absolute Gasteiger partial charge is 0.291 e. The topological polar surface area (TPSA) is 84.7 Å². The van der Waals surface area contributed by atoms with Crippen molar-refractivity contribution in [3.8, 4) is 5.75 Å². The Labute approximate surface area is 186 Å². The highest BCUT2D eigenvalue weighted by atomic mass is 19.1. The predicted molar refractivity (Wildman–Crippen MR) is 114 cm³/mol. The average Bonchev–Trinajstić information content (AvgIpc) is 3.08. The Kier molecular flexibility index (Phi) is 6.62. The van der Waals surface area contributed by atoms with E-state index in [0.29, 0.717) is 30.0 Å². The van der Waals surface area contributed by atoms with Gasteiger partial charge in [0, 0.05) is 5.56 Å². The number of amides is 1. The number of piperazine rings is 1. The highest BCUT2D eigenvalue weighted by Crippen LogP contribution is 2.38. The number of likely N-dealkylation sites (tertiary alicyclic amines) is 1. The average molecular weight is 442 g/mol. The zero-order chi connectivity index (χ0) is 22.7. The number of Topliss-reactive ketones (excluding diaryl/α,β-unsaturated/α-hetero) is 2. The molecule has 2 aliphatic rings. The molecule has 0 bridgehead atoms. The molecule has 32 heavy (non-hydrogen) atoms. The van der Waals surface area contributed by atoms with Crippen LogP contribution in [0.2, 0.25) is 0 Å². The molecule has 2 saturated heterocycles. The van der Waals surface area contributed by atoms with Crippen molar-refractivity contribution in [2.24, 2.45) is 5.92 Å². The van der Waals surface area contributed by atoms with Gasteiger partial charge in [0.25, 0.3) is 5.91 Å². The highest BCUT2D eigenvalue weighted by Gasteiger charge is 2.51. The van der Waals surface area contributed by atoms with E-state index in [9.17, 15) is 18.8 Å². The summed E-state index contributed by atoms with van der Waals surface area (Å²) in [5, 5.41) is 2.26. The fraction of sp³-hybridized carbons (Fsp3) is 0.375. The molecule has 0 aliphatic carbocycles. The fourth-order valence-electron chi connectivity index (χ4n) is 4.60. The van der Waals surface area contributed by atoms with Gasteiger partial charge in [-0.2, -0.15) is 0 Å². The Morgan fingerprint density at radius 1 is 1.09 bits per heavy atom. The van der Waals surface area contributed by atoms with E-state index in [0.717, 1.165) is 26.2 Å². The molecule has 2 aliphatic heterocycles. The minimum atomic E-state index is -1.16. The first-order valence-electron chi connectivity index (χ1n) is 10.9. The maximum absolute atomic E-state index is 13.6. The minimum Gasteiger partial charge on any atom is -0.497 e. The number of ketones is 2. The lowest BCUT2D eigenvalue weighted by Gasteiger charge is -2.29. The summed E-state index contributed by atoms with van der Waals surface area (Å²) in [6.07, 6.45) is 0. The Bertz CT molecular complexity index is 987. The number of rotatable bonds is 7. The second-order valence-corrected chi connectivity index (χ2v) is 8.30. The number of quaternary nitrogens is 2. The Morgan fingerprint density at radius 3 is 2.38 bits per heavy atom. The number of hydrogen-bond donors (Lipinski definition) is 2. The Morgan fingerprint density at radius 2 is 1.75 bits per heavy atom. The van der Waals surface area contributed by atoms with Crippen LogP contribution in [0.4, 0.5) is 4.39 Å². The third-order valence-electron chi connectivity index (χ3n) is 6.38. The number of ether oxygens (including phenoxy) is 1. The van der Waals surface area contributed by atoms with Gasteiger partial charge in [-0.1, -0.05) is 12.1 Å². The van der Waals surface area contributed by atoms with Gasteiger partial charge in [-0.05, 0) is 42.0 Å². The van der Waals surface area contributed by atoms with Crippen LogP contribution in [0.1, 0.15) is 22.0 Å². The van der Waals surface area contributed by atoms with Gasteiger partial charge in [0.2, 0.25) is 5.78 Å². The van der Waals surface area contributed by atoms with E-state index in [-0.39, 0.29) is 0 Å². The van der Waals surface area contributed by atoms with Crippen molar-refractivity contribution >= 4 is 17.5 Å². The maximum Gasteiger partial charge on any atom is 0.291 e. The third-order valence-corrected chi connectivity index (χ3v) is 6.38. The van der Waals surface area contributed by atoms with Crippen LogP contribution in [0.25, 0.3) is 0 Å². The number of nitrogens with two attached hydrogens (primary N) is 1. The van der Waals surface area contributed by atoms with E-state index >= 15 is 0 Å². The molecule has 7 nitrogen and oxygen atoms in total. The number of nitrogens with one attached hydrogen (secondary N) is 1. The molecule has 0 aromatic heterocycles. The summed E-state index contributed by atoms with van der Waals surface area (Å²) in [4.78, 5) is 42.3. The number of hydrogen-bond acceptors (Lipinski definition) is 4. The second-order valence-electron chi connectivity index (χ2n) is 8.30. The molecule has 0 saturated carbocycles. The van der Waals surface area contributed by atoms with Gasteiger partial charge in [-0.15, -0.1) is 0 Å². The summed E-state index contributed by atoms with van der Waals surface area (Å²) in [6, 6.07) is 11.4. The number of carbonyl (C=O) groups excluding carboxylic acids is 3. The molecule has 0 spiro atoms. The molecular weight excluding hydrogens is 413 g/mol. The van der Waals surface area contributed by atoms with Crippen LogP contribution in [-0.2, 0) is 9.59 Å². The molecule has 0 radical (unpaired) electrons. The number of benzene rings is 2. The van der Waals surface area contributed by atoms with Crippen molar-refractivity contribution in [3.63, 3.8) is 0 Å². The summed E-state index contributed by atoms with van der Waals surface area (Å²) >= 11 is 0. The van der Waals surface area contributed by atoms with Crippen LogP contribution < -0.4 is 15.0 Å². The van der Waals surface area contributed by atoms with E-state index in [4.69, 9.17) is 4.74 Å². The zero-order valence-corrected chi connectivity index (χ0v) is 18.1. The van der Waals surface area contributed by atoms with Gasteiger partial charge in [-0.3, -0.25) is 14.4 Å². The van der Waals surface area contributed by atoms with E-state index in [2.05, 4.69) is 5.32 Å². The first-order chi connectivity index (χ1) is 15.5. The molecule has 2 atom stereocenters. The molecular formula is C24H28FN3O4+2. The van der Waals surface area contributed by atoms with Crippen molar-refractivity contribution in [2.45, 2.75) is 6.04 Å². The first kappa shape index (κ1) is 22.1. The van der Waals surface area contributed by atoms with Gasteiger partial charge in [-0.25, -0.2) is 4.39 Å². The van der Waals surface area contributed by atoms with Crippen LogP contribution in [0, 0.1) is 11.7 Å². The zero-order valence-electron chi connectivity index (χ0n) is 18.1. The number of methoxy groups -OCH3 is 1. The quantitative estimate of drug-likeness (QED) is 0.336. The summed E-state index contributed by atoms with van der Waals surface area (Å²) in [5.41, 5.74) is 0.919. The summed E-state index contributed by atoms with van der Waals surface area (Å²) in [6.45, 7) is 5.11. The van der Waals surface area contributed by atoms with E-state index in [1.54, 1.807) is 36.4 Å². The molecule has 2 heterocycles. The second kappa shape index (κ2) is 9.58. The highest BCUT2D eigenvalue weighted by molar-refractivity contribution is 6.44. The van der Waals surface area contributed by atoms with Gasteiger partial charge < -0.3 is 19.9 Å². The van der Waals surface area contributed by atoms with Crippen LogP contribution in [0.5, 0.6) is 5.75 Å². The summed E-state index contributed by atoms with van der Waals surface area (Å²) in [7, 11) is 1.53. The maximum atomic E-state index is 13.6. The fourth-order valence-corrected chi connectivity index (χ4v) is 4.60. The monoisotopic (exact) mass is 441 g/mol. The van der Waals surface area contributed by atoms with Crippen LogP contribution in [0.15, 0.2) is 48.5 Å². The summed E-state index contributed by atoms with van der Waals surface area (Å²) < 4.78 is 18.7. The predicted octanol–water partition coefficient (Wildman–Crippen LogP) is -0.752. The Hall–Kier alpha value is -3.10. The largest absolute Gasteiger partial charge is 0.497 e. The molecule has 2 fully saturated rings. The first-order valence-corrected chi connectivity index (χ1v) is 10.9. The number of carbonyl (C=O) groups is 3. The van der Waals surface area contributed by atoms with Gasteiger partial charge in [0.15, 0.2) is 5.78 Å². The SMILES string of the molecule is COc1ccc(C(=O)C2C(=O)C(=O)N(CC[NH+]3CC[NH2+]CC3)C2c2ccc(F)cc2)cc1. The van der Waals surface area contributed by atoms with Crippen molar-refractivity contribution in [3.05, 3.63) is 65.5 Å². The number of nitrogens with zero attached hydrogens (tertiary/aromatic N) is 1. The summed E-state index contributed by atoms with van der Waals surface area (Å²) in [5.74, 6) is -2.75. The molecule has 2 unspecified atom stereocenters. The lowest BCUT2D eigenvalue weighted by Crippen LogP contribution is -3.20. The van der Waals surface area contributed by atoms with Crippen LogP contribution >= 0.6 is 0 Å². The standard InChI is InChI=1S/C24H26FN3O4/c1-32-19-8-4-17(5-9-19)22(29)20-21(16-2-6-18(25)7-3-16)28(24(31)23(20)30)15-14-27-12-10-26-11-13-27/h2-9,20-21,26H,10-15H2,1H3/p+2. The van der Waals surface area contributed by atoms with Crippen molar-refractivity contribution in [1.82, 2.24) is 4.90 Å². The van der Waals surface area contributed by atoms with Gasteiger partial charge in [0.05, 0.1) is 26.2 Å². The normalized spacial score (nSPS) is 21.8. The molecule has 1 amide bonds.